The van der Waals surface area contributed by atoms with E-state index in [1.54, 1.807) is 24.7 Å². The molecule has 2 aromatic heterocycles. The number of nitrogens with one attached hydrogen (secondary N) is 3. The van der Waals surface area contributed by atoms with Crippen LogP contribution in [0.1, 0.15) is 26.7 Å². The summed E-state index contributed by atoms with van der Waals surface area (Å²) >= 11 is 0. The molecule has 3 rings (SSSR count). The van der Waals surface area contributed by atoms with Crippen molar-refractivity contribution in [3.63, 3.8) is 0 Å². The smallest absolute Gasteiger partial charge is 0.271 e. The second-order valence-electron chi connectivity index (χ2n) is 7.60. The molecule has 1 aliphatic rings. The lowest BCUT2D eigenvalue weighted by atomic mass is 10.0. The summed E-state index contributed by atoms with van der Waals surface area (Å²) in [4.78, 5) is 33.4. The van der Waals surface area contributed by atoms with Crippen molar-refractivity contribution in [2.24, 2.45) is 0 Å². The summed E-state index contributed by atoms with van der Waals surface area (Å²) in [5, 5.41) is 6.59. The van der Waals surface area contributed by atoms with E-state index in [1.807, 2.05) is 29.2 Å². The van der Waals surface area contributed by atoms with Gasteiger partial charge in [-0.1, -0.05) is 19.9 Å². The third kappa shape index (κ3) is 6.02. The van der Waals surface area contributed by atoms with Gasteiger partial charge in [-0.2, -0.15) is 0 Å². The molecule has 154 valence electrons. The van der Waals surface area contributed by atoms with E-state index in [4.69, 9.17) is 0 Å². The topological polar surface area (TPSA) is 90.1 Å². The van der Waals surface area contributed by atoms with E-state index in [0.717, 1.165) is 30.5 Å². The molecule has 0 aromatic carbocycles. The molecule has 0 unspecified atom stereocenters. The molecule has 3 heterocycles. The van der Waals surface area contributed by atoms with Crippen molar-refractivity contribution in [2.45, 2.75) is 38.8 Å². The second-order valence-corrected chi connectivity index (χ2v) is 7.60. The minimum atomic E-state index is -0.161. The quantitative estimate of drug-likeness (QED) is 0.627. The molecule has 29 heavy (non-hydrogen) atoms. The van der Waals surface area contributed by atoms with Gasteiger partial charge in [0.05, 0.1) is 0 Å². The normalized spacial score (nSPS) is 17.1. The van der Waals surface area contributed by atoms with Gasteiger partial charge in [-0.25, -0.2) is 0 Å². The Morgan fingerprint density at radius 2 is 2.14 bits per heavy atom. The van der Waals surface area contributed by atoms with Gasteiger partial charge in [-0.05, 0) is 36.6 Å². The number of piperidine rings is 1. The van der Waals surface area contributed by atoms with Gasteiger partial charge < -0.3 is 20.5 Å². The van der Waals surface area contributed by atoms with Gasteiger partial charge in [0.2, 0.25) is 5.91 Å². The van der Waals surface area contributed by atoms with Crippen LogP contribution in [0.25, 0.3) is 11.1 Å². The van der Waals surface area contributed by atoms with Crippen molar-refractivity contribution in [3.8, 4) is 11.1 Å². The van der Waals surface area contributed by atoms with Crippen LogP contribution in [0.4, 0.5) is 5.69 Å². The molecule has 3 N–H and O–H groups in total. The summed E-state index contributed by atoms with van der Waals surface area (Å²) < 4.78 is 0. The number of carbonyl (C=O) groups excluding carboxylic acids is 1. The summed E-state index contributed by atoms with van der Waals surface area (Å²) in [7, 11) is 0. The molecule has 0 aliphatic carbocycles. The maximum absolute atomic E-state index is 12.5. The Kier molecular flexibility index (Phi) is 7.19. The summed E-state index contributed by atoms with van der Waals surface area (Å²) in [5.41, 5.74) is 2.26. The Balaban J connectivity index is 1.63. The Morgan fingerprint density at radius 3 is 2.90 bits per heavy atom. The highest BCUT2D eigenvalue weighted by atomic mass is 16.2. The predicted molar refractivity (Wildman–Crippen MR) is 116 cm³/mol. The Bertz CT molecular complexity index is 892. The number of rotatable bonds is 7. The van der Waals surface area contributed by atoms with Gasteiger partial charge in [0, 0.05) is 61.9 Å². The van der Waals surface area contributed by atoms with Crippen molar-refractivity contribution in [2.75, 3.05) is 25.0 Å². The zero-order valence-electron chi connectivity index (χ0n) is 17.0. The predicted octanol–water partition coefficient (Wildman–Crippen LogP) is 2.39. The number of nitrogens with zero attached hydrogens (tertiary/aromatic N) is 2. The third-order valence-electron chi connectivity index (χ3n) is 4.91. The maximum atomic E-state index is 12.5. The first-order valence-corrected chi connectivity index (χ1v) is 10.1. The van der Waals surface area contributed by atoms with Crippen LogP contribution in [0.2, 0.25) is 0 Å². The lowest BCUT2D eigenvalue weighted by molar-refractivity contribution is -0.127. The summed E-state index contributed by atoms with van der Waals surface area (Å²) in [6.07, 6.45) is 10.5. The zero-order valence-corrected chi connectivity index (χ0v) is 17.0. The SMILES string of the molecule is CC(C)NCC=CC(=O)N1CCC[C@H](Nc2cc(-c3ccncc3)c[nH]c2=O)C1. The average Bonchev–Trinajstić information content (AvgIpc) is 2.73. The molecule has 1 atom stereocenters. The summed E-state index contributed by atoms with van der Waals surface area (Å²) in [6, 6.07) is 6.09. The van der Waals surface area contributed by atoms with Gasteiger partial charge in [0.15, 0.2) is 0 Å². The van der Waals surface area contributed by atoms with Gasteiger partial charge in [-0.3, -0.25) is 14.6 Å². The van der Waals surface area contributed by atoms with E-state index in [2.05, 4.69) is 34.4 Å². The minimum absolute atomic E-state index is 0.0153. The lowest BCUT2D eigenvalue weighted by Crippen LogP contribution is -2.45. The van der Waals surface area contributed by atoms with Gasteiger partial charge in [0.1, 0.15) is 5.69 Å². The number of anilines is 1. The number of pyridine rings is 2. The van der Waals surface area contributed by atoms with E-state index >= 15 is 0 Å². The van der Waals surface area contributed by atoms with E-state index in [9.17, 15) is 9.59 Å². The summed E-state index contributed by atoms with van der Waals surface area (Å²) in [6.45, 7) is 6.14. The molecular formula is C22H29N5O2. The third-order valence-corrected chi connectivity index (χ3v) is 4.91. The number of carbonyl (C=O) groups is 1. The first-order chi connectivity index (χ1) is 14.0. The molecular weight excluding hydrogens is 366 g/mol. The lowest BCUT2D eigenvalue weighted by Gasteiger charge is -2.33. The molecule has 1 amide bonds. The van der Waals surface area contributed by atoms with Crippen molar-refractivity contribution in [1.82, 2.24) is 20.2 Å². The zero-order chi connectivity index (χ0) is 20.6. The van der Waals surface area contributed by atoms with Gasteiger partial charge >= 0.3 is 0 Å². The van der Waals surface area contributed by atoms with E-state index in [1.165, 1.54) is 0 Å². The number of amides is 1. The van der Waals surface area contributed by atoms with Gasteiger partial charge in [-0.15, -0.1) is 0 Å². The first kappa shape index (κ1) is 20.8. The van der Waals surface area contributed by atoms with Crippen molar-refractivity contribution < 1.29 is 4.79 Å². The minimum Gasteiger partial charge on any atom is -0.376 e. The number of likely N-dealkylation sites (tertiary alicyclic amines) is 1. The molecule has 2 aromatic rings. The standard InChI is InChI=1S/C22H29N5O2/c1-16(2)24-9-3-6-21(28)27-12-4-5-19(15-27)26-20-13-18(14-25-22(20)29)17-7-10-23-11-8-17/h3,6-8,10-11,13-14,16,19,24,26H,4-5,9,12,15H2,1-2H3,(H,25,29)/t19-/m0/s1. The fourth-order valence-electron chi connectivity index (χ4n) is 3.39. The highest BCUT2D eigenvalue weighted by Gasteiger charge is 2.23. The number of hydrogen-bond acceptors (Lipinski definition) is 5. The number of aromatic nitrogens is 2. The van der Waals surface area contributed by atoms with Crippen molar-refractivity contribution in [1.29, 1.82) is 0 Å². The number of H-pyrrole nitrogens is 1. The van der Waals surface area contributed by atoms with Crippen molar-refractivity contribution in [3.05, 3.63) is 59.3 Å². The maximum Gasteiger partial charge on any atom is 0.271 e. The molecule has 0 spiro atoms. The molecule has 1 aliphatic heterocycles. The number of aromatic amines is 1. The van der Waals surface area contributed by atoms with Crippen LogP contribution >= 0.6 is 0 Å². The monoisotopic (exact) mass is 395 g/mol. The molecule has 1 saturated heterocycles. The van der Waals surface area contributed by atoms with Crippen LogP contribution in [0.3, 0.4) is 0 Å². The number of hydrogen-bond donors (Lipinski definition) is 3. The molecule has 7 heteroatoms. The Hall–Kier alpha value is -2.93. The fraction of sp³-hybridized carbons (Fsp3) is 0.409. The molecule has 7 nitrogen and oxygen atoms in total. The van der Waals surface area contributed by atoms with Gasteiger partial charge in [0.25, 0.3) is 5.56 Å². The first-order valence-electron chi connectivity index (χ1n) is 10.1. The van der Waals surface area contributed by atoms with Crippen LogP contribution in [0.15, 0.2) is 53.7 Å². The molecule has 0 saturated carbocycles. The van der Waals surface area contributed by atoms with E-state index in [0.29, 0.717) is 24.8 Å². The van der Waals surface area contributed by atoms with Crippen LogP contribution < -0.4 is 16.2 Å². The van der Waals surface area contributed by atoms with E-state index in [-0.39, 0.29) is 17.5 Å². The van der Waals surface area contributed by atoms with Crippen LogP contribution in [0, 0.1) is 0 Å². The Labute approximate surface area is 171 Å². The molecule has 0 radical (unpaired) electrons. The highest BCUT2D eigenvalue weighted by molar-refractivity contribution is 5.87. The van der Waals surface area contributed by atoms with Crippen LogP contribution in [-0.4, -0.2) is 52.5 Å². The van der Waals surface area contributed by atoms with Crippen LogP contribution in [0.5, 0.6) is 0 Å². The largest absolute Gasteiger partial charge is 0.376 e. The average molecular weight is 396 g/mol. The van der Waals surface area contributed by atoms with E-state index < -0.39 is 0 Å². The van der Waals surface area contributed by atoms with Crippen LogP contribution in [-0.2, 0) is 4.79 Å². The fourth-order valence-corrected chi connectivity index (χ4v) is 3.39. The van der Waals surface area contributed by atoms with Crippen molar-refractivity contribution >= 4 is 11.6 Å². The Morgan fingerprint density at radius 1 is 1.34 bits per heavy atom. The second kappa shape index (κ2) is 10.0. The summed E-state index contributed by atoms with van der Waals surface area (Å²) in [5.74, 6) is 0.0153. The highest BCUT2D eigenvalue weighted by Crippen LogP contribution is 2.20. The molecule has 1 fully saturated rings. The molecule has 0 bridgehead atoms.